The smallest absolute Gasteiger partial charge is 0.246 e. The van der Waals surface area contributed by atoms with E-state index in [1.165, 1.54) is 23.8 Å². The monoisotopic (exact) mass is 407 g/mol. The summed E-state index contributed by atoms with van der Waals surface area (Å²) < 4.78 is 29.0. The minimum Gasteiger partial charge on any atom is -0.393 e. The Morgan fingerprint density at radius 3 is 2.93 bits per heavy atom. The minimum atomic E-state index is -3.64. The van der Waals surface area contributed by atoms with Gasteiger partial charge in [-0.3, -0.25) is 4.99 Å². The van der Waals surface area contributed by atoms with E-state index in [1.807, 2.05) is 11.5 Å². The van der Waals surface area contributed by atoms with Gasteiger partial charge in [-0.2, -0.15) is 14.3 Å². The Labute approximate surface area is 163 Å². The fraction of sp³-hybridized carbons (Fsp3) is 0.500. The SMILES string of the molecule is CCn1cnc2c(NC3CCN(S(=O)(=O)C(C=NC)=CNC)C3)nc(N)nc21. The summed E-state index contributed by atoms with van der Waals surface area (Å²) in [6, 6.07) is -0.117. The highest BCUT2D eigenvalue weighted by Crippen LogP contribution is 2.25. The van der Waals surface area contributed by atoms with E-state index >= 15 is 0 Å². The zero-order valence-corrected chi connectivity index (χ0v) is 16.9. The average molecular weight is 408 g/mol. The second-order valence-electron chi connectivity index (χ2n) is 6.35. The van der Waals surface area contributed by atoms with Crippen molar-refractivity contribution in [1.82, 2.24) is 29.1 Å². The fourth-order valence-electron chi connectivity index (χ4n) is 3.15. The van der Waals surface area contributed by atoms with Crippen LogP contribution in [0.3, 0.4) is 0 Å². The van der Waals surface area contributed by atoms with E-state index in [-0.39, 0.29) is 16.9 Å². The highest BCUT2D eigenvalue weighted by molar-refractivity contribution is 7.93. The van der Waals surface area contributed by atoms with Gasteiger partial charge in [-0.05, 0) is 13.3 Å². The van der Waals surface area contributed by atoms with Crippen LogP contribution in [0.1, 0.15) is 13.3 Å². The Bertz CT molecular complexity index is 1010. The third-order valence-electron chi connectivity index (χ3n) is 4.49. The van der Waals surface area contributed by atoms with Crippen molar-refractivity contribution in [3.63, 3.8) is 0 Å². The Morgan fingerprint density at radius 1 is 1.46 bits per heavy atom. The summed E-state index contributed by atoms with van der Waals surface area (Å²) >= 11 is 0. The van der Waals surface area contributed by atoms with Gasteiger partial charge < -0.3 is 20.9 Å². The summed E-state index contributed by atoms with van der Waals surface area (Å²) in [6.45, 7) is 3.40. The Hall–Kier alpha value is -2.73. The molecular formula is C16H25N9O2S. The molecule has 1 fully saturated rings. The van der Waals surface area contributed by atoms with Gasteiger partial charge in [0.05, 0.1) is 6.33 Å². The van der Waals surface area contributed by atoms with Gasteiger partial charge in [-0.15, -0.1) is 0 Å². The van der Waals surface area contributed by atoms with Crippen molar-refractivity contribution in [1.29, 1.82) is 0 Å². The van der Waals surface area contributed by atoms with Crippen LogP contribution < -0.4 is 16.4 Å². The maximum Gasteiger partial charge on any atom is 0.246 e. The predicted octanol–water partition coefficient (Wildman–Crippen LogP) is 0.00580. The van der Waals surface area contributed by atoms with Crippen molar-refractivity contribution in [2.24, 2.45) is 4.99 Å². The molecule has 2 aromatic rings. The van der Waals surface area contributed by atoms with Crippen LogP contribution in [0.25, 0.3) is 11.2 Å². The van der Waals surface area contributed by atoms with Crippen LogP contribution in [0.2, 0.25) is 0 Å². The molecule has 1 unspecified atom stereocenters. The van der Waals surface area contributed by atoms with Crippen molar-refractivity contribution in [2.75, 3.05) is 38.2 Å². The number of nitrogens with zero attached hydrogens (tertiary/aromatic N) is 6. The van der Waals surface area contributed by atoms with E-state index < -0.39 is 10.0 Å². The van der Waals surface area contributed by atoms with E-state index in [9.17, 15) is 8.42 Å². The summed E-state index contributed by atoms with van der Waals surface area (Å²) in [5.74, 6) is 0.658. The van der Waals surface area contributed by atoms with Crippen molar-refractivity contribution < 1.29 is 8.42 Å². The van der Waals surface area contributed by atoms with Gasteiger partial charge in [-0.1, -0.05) is 0 Å². The van der Waals surface area contributed by atoms with Gasteiger partial charge in [0.15, 0.2) is 17.0 Å². The summed E-state index contributed by atoms with van der Waals surface area (Å²) in [5.41, 5.74) is 7.11. The first kappa shape index (κ1) is 20.0. The summed E-state index contributed by atoms with van der Waals surface area (Å²) in [5, 5.41) is 6.04. The molecule has 1 aliphatic heterocycles. The molecule has 0 saturated carbocycles. The van der Waals surface area contributed by atoms with Crippen molar-refractivity contribution in [2.45, 2.75) is 25.9 Å². The number of aryl methyl sites for hydroxylation is 1. The van der Waals surface area contributed by atoms with Crippen LogP contribution >= 0.6 is 0 Å². The highest BCUT2D eigenvalue weighted by atomic mass is 32.2. The van der Waals surface area contributed by atoms with E-state index in [0.717, 1.165) is 0 Å². The third-order valence-corrected chi connectivity index (χ3v) is 6.32. The molecule has 28 heavy (non-hydrogen) atoms. The molecule has 0 bridgehead atoms. The highest BCUT2D eigenvalue weighted by Gasteiger charge is 2.34. The summed E-state index contributed by atoms with van der Waals surface area (Å²) in [4.78, 5) is 16.8. The van der Waals surface area contributed by atoms with E-state index in [0.29, 0.717) is 43.0 Å². The average Bonchev–Trinajstić information content (AvgIpc) is 3.28. The number of allylic oxidation sites excluding steroid dienone is 1. The molecule has 1 saturated heterocycles. The minimum absolute atomic E-state index is 0.117. The van der Waals surface area contributed by atoms with Crippen LogP contribution in [0.4, 0.5) is 11.8 Å². The number of hydrogen-bond donors (Lipinski definition) is 3. The van der Waals surface area contributed by atoms with Crippen molar-refractivity contribution >= 4 is 39.2 Å². The number of fused-ring (bicyclic) bond motifs is 1. The molecule has 1 atom stereocenters. The Balaban J connectivity index is 1.81. The molecule has 4 N–H and O–H groups in total. The van der Waals surface area contributed by atoms with Crippen LogP contribution in [-0.2, 0) is 16.6 Å². The van der Waals surface area contributed by atoms with E-state index in [4.69, 9.17) is 5.73 Å². The maximum atomic E-state index is 12.9. The standard InChI is InChI=1S/C16H25N9O2S/c1-4-24-10-20-13-14(22-16(17)23-15(13)24)21-11-5-6-25(9-11)28(26,27)12(7-18-2)8-19-3/h7-8,10-11,18H,4-6,9H2,1-3H3,(H3,17,21,22,23). The zero-order valence-electron chi connectivity index (χ0n) is 16.1. The van der Waals surface area contributed by atoms with Gasteiger partial charge in [-0.25, -0.2) is 13.4 Å². The zero-order chi connectivity index (χ0) is 20.3. The number of anilines is 2. The molecule has 0 spiro atoms. The van der Waals surface area contributed by atoms with Crippen molar-refractivity contribution in [3.05, 3.63) is 17.4 Å². The predicted molar refractivity (Wildman–Crippen MR) is 109 cm³/mol. The molecule has 11 nitrogen and oxygen atoms in total. The number of sulfonamides is 1. The first-order chi connectivity index (χ1) is 13.4. The second kappa shape index (κ2) is 8.10. The molecule has 12 heteroatoms. The van der Waals surface area contributed by atoms with Crippen LogP contribution in [-0.4, -0.2) is 71.7 Å². The van der Waals surface area contributed by atoms with Crippen LogP contribution in [0, 0.1) is 0 Å². The first-order valence-electron chi connectivity index (χ1n) is 8.95. The molecule has 152 valence electrons. The van der Waals surface area contributed by atoms with Gasteiger partial charge in [0.25, 0.3) is 0 Å². The Morgan fingerprint density at radius 2 is 2.25 bits per heavy atom. The number of hydrogen-bond acceptors (Lipinski definition) is 9. The molecule has 0 radical (unpaired) electrons. The number of rotatable bonds is 7. The molecular weight excluding hydrogens is 382 g/mol. The van der Waals surface area contributed by atoms with E-state index in [1.54, 1.807) is 13.4 Å². The largest absolute Gasteiger partial charge is 0.393 e. The number of imidazole rings is 1. The molecule has 3 heterocycles. The molecule has 3 rings (SSSR count). The lowest BCUT2D eigenvalue weighted by molar-refractivity contribution is 0.482. The fourth-order valence-corrected chi connectivity index (χ4v) is 4.67. The Kier molecular flexibility index (Phi) is 5.79. The lowest BCUT2D eigenvalue weighted by Crippen LogP contribution is -2.33. The second-order valence-corrected chi connectivity index (χ2v) is 8.29. The normalized spacial score (nSPS) is 19.0. The van der Waals surface area contributed by atoms with E-state index in [2.05, 4.69) is 30.6 Å². The number of nitrogen functional groups attached to an aromatic ring is 1. The van der Waals surface area contributed by atoms with Crippen LogP contribution in [0.15, 0.2) is 22.4 Å². The molecule has 0 aliphatic carbocycles. The number of aromatic nitrogens is 4. The summed E-state index contributed by atoms with van der Waals surface area (Å²) in [6.07, 6.45) is 5.08. The number of nitrogens with two attached hydrogens (primary N) is 1. The maximum absolute atomic E-state index is 12.9. The van der Waals surface area contributed by atoms with Crippen molar-refractivity contribution in [3.8, 4) is 0 Å². The van der Waals surface area contributed by atoms with Gasteiger partial charge >= 0.3 is 0 Å². The summed E-state index contributed by atoms with van der Waals surface area (Å²) in [7, 11) is -0.454. The number of aliphatic imine (C=N–C) groups is 1. The lowest BCUT2D eigenvalue weighted by Gasteiger charge is -2.18. The third kappa shape index (κ3) is 3.78. The van der Waals surface area contributed by atoms with Crippen LogP contribution in [0.5, 0.6) is 0 Å². The molecule has 0 amide bonds. The van der Waals surface area contributed by atoms with Gasteiger partial charge in [0.1, 0.15) is 4.91 Å². The van der Waals surface area contributed by atoms with Gasteiger partial charge in [0, 0.05) is 52.2 Å². The number of nitrogens with one attached hydrogen (secondary N) is 2. The molecule has 2 aromatic heterocycles. The quantitative estimate of drug-likeness (QED) is 0.544. The topological polar surface area (TPSA) is 143 Å². The first-order valence-corrected chi connectivity index (χ1v) is 10.4. The molecule has 0 aromatic carbocycles. The molecule has 1 aliphatic rings. The van der Waals surface area contributed by atoms with Gasteiger partial charge in [0.2, 0.25) is 16.0 Å². The lowest BCUT2D eigenvalue weighted by atomic mass is 10.2.